The number of carbonyl (C=O) groups excluding carboxylic acids is 2. The third kappa shape index (κ3) is 4.81. The quantitative estimate of drug-likeness (QED) is 0.392. The fourth-order valence-electron chi connectivity index (χ4n) is 5.46. The predicted molar refractivity (Wildman–Crippen MR) is 143 cm³/mol. The Kier molecular flexibility index (Phi) is 7.16. The molecule has 1 fully saturated rings. The summed E-state index contributed by atoms with van der Waals surface area (Å²) in [7, 11) is -2.00. The summed E-state index contributed by atoms with van der Waals surface area (Å²) in [5.41, 5.74) is 3.40. The van der Waals surface area contributed by atoms with Crippen molar-refractivity contribution in [2.45, 2.75) is 37.5 Å². The first-order chi connectivity index (χ1) is 17.8. The van der Waals surface area contributed by atoms with Gasteiger partial charge in [-0.25, -0.2) is 8.42 Å². The molecule has 3 aromatic rings. The van der Waals surface area contributed by atoms with Gasteiger partial charge in [0.1, 0.15) is 5.78 Å². The van der Waals surface area contributed by atoms with Gasteiger partial charge in [-0.15, -0.1) is 0 Å². The number of sulfonamides is 1. The van der Waals surface area contributed by atoms with E-state index in [0.29, 0.717) is 38.1 Å². The molecule has 2 aliphatic heterocycles. The molecule has 8 heteroatoms. The fourth-order valence-corrected chi connectivity index (χ4v) is 6.99. The highest BCUT2D eigenvalue weighted by atomic mass is 32.2. The summed E-state index contributed by atoms with van der Waals surface area (Å²) < 4.78 is 33.0. The Morgan fingerprint density at radius 3 is 2.62 bits per heavy atom. The average Bonchev–Trinajstić information content (AvgIpc) is 3.18. The first kappa shape index (κ1) is 25.6. The van der Waals surface area contributed by atoms with Crippen molar-refractivity contribution in [1.29, 1.82) is 0 Å². The second kappa shape index (κ2) is 10.4. The summed E-state index contributed by atoms with van der Waals surface area (Å²) in [6.07, 6.45) is 2.27. The summed E-state index contributed by atoms with van der Waals surface area (Å²) in [5.74, 6) is -0.348. The van der Waals surface area contributed by atoms with Crippen molar-refractivity contribution >= 4 is 38.2 Å². The molecule has 2 aliphatic rings. The highest BCUT2D eigenvalue weighted by Crippen LogP contribution is 2.39. The van der Waals surface area contributed by atoms with Gasteiger partial charge < -0.3 is 9.64 Å². The minimum Gasteiger partial charge on any atom is -0.385 e. The van der Waals surface area contributed by atoms with Crippen molar-refractivity contribution < 1.29 is 22.7 Å². The van der Waals surface area contributed by atoms with Crippen molar-refractivity contribution in [1.82, 2.24) is 4.31 Å². The van der Waals surface area contributed by atoms with Gasteiger partial charge in [0, 0.05) is 56.6 Å². The van der Waals surface area contributed by atoms with Crippen LogP contribution < -0.4 is 4.90 Å². The van der Waals surface area contributed by atoms with Crippen LogP contribution in [0.4, 0.5) is 5.69 Å². The van der Waals surface area contributed by atoms with Gasteiger partial charge in [0.05, 0.1) is 10.6 Å². The summed E-state index contributed by atoms with van der Waals surface area (Å²) in [4.78, 5) is 28.6. The molecule has 0 N–H and O–H groups in total. The van der Waals surface area contributed by atoms with Crippen LogP contribution in [0, 0.1) is 12.8 Å². The van der Waals surface area contributed by atoms with E-state index in [2.05, 4.69) is 0 Å². The van der Waals surface area contributed by atoms with Crippen molar-refractivity contribution in [3.8, 4) is 0 Å². The molecule has 3 aromatic carbocycles. The second-order valence-corrected chi connectivity index (χ2v) is 11.9. The van der Waals surface area contributed by atoms with E-state index in [1.807, 2.05) is 37.3 Å². The molecule has 37 heavy (non-hydrogen) atoms. The summed E-state index contributed by atoms with van der Waals surface area (Å²) in [6, 6.07) is 16.4. The molecule has 0 aliphatic carbocycles. The Labute approximate surface area is 218 Å². The van der Waals surface area contributed by atoms with Gasteiger partial charge >= 0.3 is 0 Å². The molecule has 1 saturated heterocycles. The number of benzene rings is 3. The Balaban J connectivity index is 1.36. The van der Waals surface area contributed by atoms with Crippen LogP contribution in [0.2, 0.25) is 0 Å². The van der Waals surface area contributed by atoms with Crippen molar-refractivity contribution in [3.63, 3.8) is 0 Å². The van der Waals surface area contributed by atoms with Crippen molar-refractivity contribution in [2.24, 2.45) is 5.92 Å². The van der Waals surface area contributed by atoms with Crippen LogP contribution in [0.15, 0.2) is 59.5 Å². The zero-order valence-corrected chi connectivity index (χ0v) is 22.1. The molecule has 0 aromatic heterocycles. The molecule has 1 unspecified atom stereocenters. The van der Waals surface area contributed by atoms with E-state index in [4.69, 9.17) is 4.74 Å². The normalized spacial score (nSPS) is 18.1. The first-order valence-corrected chi connectivity index (χ1v) is 14.2. The van der Waals surface area contributed by atoms with Gasteiger partial charge in [-0.3, -0.25) is 9.59 Å². The number of piperidine rings is 1. The topological polar surface area (TPSA) is 84.0 Å². The minimum atomic E-state index is -3.65. The SMILES string of the molecule is COCCCN1C(=O)c2cccc3c(CC(=O)C4CCCN(S(=O)(=O)c5ccc(C)cc5)C4)ccc1c23. The van der Waals surface area contributed by atoms with Crippen LogP contribution in [0.5, 0.6) is 0 Å². The van der Waals surface area contributed by atoms with Gasteiger partial charge in [-0.2, -0.15) is 4.31 Å². The number of aryl methyl sites for hydroxylation is 1. The smallest absolute Gasteiger partial charge is 0.258 e. The number of hydrogen-bond acceptors (Lipinski definition) is 5. The van der Waals surface area contributed by atoms with Crippen LogP contribution in [-0.4, -0.2) is 57.8 Å². The van der Waals surface area contributed by atoms with E-state index in [9.17, 15) is 18.0 Å². The number of ketones is 1. The Morgan fingerprint density at radius 1 is 1.08 bits per heavy atom. The average molecular weight is 521 g/mol. The molecule has 1 amide bonds. The zero-order chi connectivity index (χ0) is 26.2. The van der Waals surface area contributed by atoms with Crippen LogP contribution >= 0.6 is 0 Å². The molecule has 5 rings (SSSR count). The molecule has 7 nitrogen and oxygen atoms in total. The fraction of sp³-hybridized carbons (Fsp3) is 0.379. The van der Waals surface area contributed by atoms with E-state index in [0.717, 1.165) is 34.0 Å². The molecule has 194 valence electrons. The second-order valence-electron chi connectivity index (χ2n) is 9.93. The molecule has 0 bridgehead atoms. The van der Waals surface area contributed by atoms with E-state index in [1.54, 1.807) is 36.3 Å². The van der Waals surface area contributed by atoms with E-state index < -0.39 is 10.0 Å². The highest BCUT2D eigenvalue weighted by molar-refractivity contribution is 7.89. The van der Waals surface area contributed by atoms with Gasteiger partial charge in [-0.1, -0.05) is 35.9 Å². The zero-order valence-electron chi connectivity index (χ0n) is 21.3. The van der Waals surface area contributed by atoms with Crippen molar-refractivity contribution in [2.75, 3.05) is 38.3 Å². The van der Waals surface area contributed by atoms with E-state index >= 15 is 0 Å². The minimum absolute atomic E-state index is 0.0237. The number of anilines is 1. The van der Waals surface area contributed by atoms with E-state index in [1.165, 1.54) is 4.31 Å². The Bertz CT molecular complexity index is 1450. The Morgan fingerprint density at radius 2 is 1.86 bits per heavy atom. The number of amides is 1. The van der Waals surface area contributed by atoms with Crippen LogP contribution in [0.1, 0.15) is 40.7 Å². The maximum Gasteiger partial charge on any atom is 0.258 e. The van der Waals surface area contributed by atoms with Gasteiger partial charge in [-0.05, 0) is 61.4 Å². The molecule has 2 heterocycles. The number of ether oxygens (including phenoxy) is 1. The molecular weight excluding hydrogens is 488 g/mol. The third-order valence-corrected chi connectivity index (χ3v) is 9.35. The standard InChI is InChI=1S/C29H32N2O5S/c1-20-9-12-23(13-10-20)37(34,35)30-15-4-6-22(19-30)27(32)18-21-11-14-26-28-24(21)7-3-8-25(28)29(33)31(26)16-5-17-36-2/h3,7-14,22H,4-6,15-19H2,1-2H3. The lowest BCUT2D eigenvalue weighted by molar-refractivity contribution is -0.123. The number of nitrogens with zero attached hydrogens (tertiary/aromatic N) is 2. The number of hydrogen-bond donors (Lipinski definition) is 0. The molecule has 0 saturated carbocycles. The molecular formula is C29H32N2O5S. The lowest BCUT2D eigenvalue weighted by Gasteiger charge is -2.31. The summed E-state index contributed by atoms with van der Waals surface area (Å²) in [6.45, 7) is 3.68. The van der Waals surface area contributed by atoms with E-state index in [-0.39, 0.29) is 35.5 Å². The predicted octanol–water partition coefficient (Wildman–Crippen LogP) is 4.36. The monoisotopic (exact) mass is 520 g/mol. The Hall–Kier alpha value is -3.07. The van der Waals surface area contributed by atoms with Crippen LogP contribution in [0.25, 0.3) is 10.8 Å². The highest BCUT2D eigenvalue weighted by Gasteiger charge is 2.34. The number of carbonyl (C=O) groups is 2. The third-order valence-electron chi connectivity index (χ3n) is 7.47. The maximum atomic E-state index is 13.4. The molecule has 0 radical (unpaired) electrons. The van der Waals surface area contributed by atoms with Gasteiger partial charge in [0.25, 0.3) is 5.91 Å². The van der Waals surface area contributed by atoms with Gasteiger partial charge in [0.15, 0.2) is 0 Å². The van der Waals surface area contributed by atoms with Crippen LogP contribution in [0.3, 0.4) is 0 Å². The maximum absolute atomic E-state index is 13.4. The number of rotatable bonds is 9. The number of Topliss-reactive ketones (excluding diaryl/α,β-unsaturated/α-hetero) is 1. The van der Waals surface area contributed by atoms with Gasteiger partial charge in [0.2, 0.25) is 10.0 Å². The lowest BCUT2D eigenvalue weighted by atomic mass is 9.89. The lowest BCUT2D eigenvalue weighted by Crippen LogP contribution is -2.42. The van der Waals surface area contributed by atoms with Crippen molar-refractivity contribution in [3.05, 3.63) is 71.3 Å². The molecule has 0 spiro atoms. The summed E-state index contributed by atoms with van der Waals surface area (Å²) in [5, 5.41) is 1.80. The first-order valence-electron chi connectivity index (χ1n) is 12.8. The number of methoxy groups -OCH3 is 1. The largest absolute Gasteiger partial charge is 0.385 e. The molecule has 1 atom stereocenters. The summed E-state index contributed by atoms with van der Waals surface area (Å²) >= 11 is 0. The van der Waals surface area contributed by atoms with Crippen LogP contribution in [-0.2, 0) is 26.0 Å².